The van der Waals surface area contributed by atoms with Crippen molar-refractivity contribution in [3.63, 3.8) is 0 Å². The topological polar surface area (TPSA) is 22.1 Å². The lowest BCUT2D eigenvalue weighted by atomic mass is 9.76. The molecule has 0 N–H and O–H groups in total. The van der Waals surface area contributed by atoms with E-state index in [1.807, 2.05) is 12.1 Å². The van der Waals surface area contributed by atoms with Crippen molar-refractivity contribution in [1.29, 1.82) is 0 Å². The van der Waals surface area contributed by atoms with Gasteiger partial charge in [0.05, 0.1) is 12.8 Å². The molecular formula is C28H21Br2NO. The SMILES string of the molecule is COc1ccc(-c2nc3c(c4c2-c2ccc(Br)cc2CC4)-c2ccc(Br)cc2CC3)cc1. The molecule has 0 bridgehead atoms. The minimum atomic E-state index is 0.865. The van der Waals surface area contributed by atoms with Crippen molar-refractivity contribution in [2.45, 2.75) is 25.7 Å². The summed E-state index contributed by atoms with van der Waals surface area (Å²) in [5, 5.41) is 0. The summed E-state index contributed by atoms with van der Waals surface area (Å²) in [4.78, 5) is 5.33. The third-order valence-electron chi connectivity index (χ3n) is 6.69. The summed E-state index contributed by atoms with van der Waals surface area (Å²) >= 11 is 7.32. The highest BCUT2D eigenvalue weighted by atomic mass is 79.9. The lowest BCUT2D eigenvalue weighted by Gasteiger charge is -2.30. The fourth-order valence-electron chi connectivity index (χ4n) is 5.22. The molecule has 4 aromatic rings. The Morgan fingerprint density at radius 2 is 1.34 bits per heavy atom. The number of rotatable bonds is 2. The first-order valence-corrected chi connectivity index (χ1v) is 12.5. The van der Waals surface area contributed by atoms with Crippen LogP contribution in [0.2, 0.25) is 0 Å². The number of halogens is 2. The maximum Gasteiger partial charge on any atom is 0.118 e. The van der Waals surface area contributed by atoms with Gasteiger partial charge in [-0.2, -0.15) is 0 Å². The average molecular weight is 547 g/mol. The van der Waals surface area contributed by atoms with E-state index in [-0.39, 0.29) is 0 Å². The predicted octanol–water partition coefficient (Wildman–Crippen LogP) is 7.81. The van der Waals surface area contributed by atoms with E-state index in [0.29, 0.717) is 0 Å². The molecule has 6 rings (SSSR count). The molecule has 0 amide bonds. The smallest absolute Gasteiger partial charge is 0.118 e. The van der Waals surface area contributed by atoms with Gasteiger partial charge in [0, 0.05) is 31.3 Å². The van der Waals surface area contributed by atoms with Crippen LogP contribution in [0.25, 0.3) is 33.5 Å². The summed E-state index contributed by atoms with van der Waals surface area (Å²) in [6.45, 7) is 0. The zero-order chi connectivity index (χ0) is 21.8. The molecule has 0 spiro atoms. The van der Waals surface area contributed by atoms with E-state index in [2.05, 4.69) is 80.4 Å². The third kappa shape index (κ3) is 3.23. The van der Waals surface area contributed by atoms with Gasteiger partial charge in [0.15, 0.2) is 0 Å². The van der Waals surface area contributed by atoms with Gasteiger partial charge in [-0.05, 0) is 102 Å². The van der Waals surface area contributed by atoms with Crippen LogP contribution in [0, 0.1) is 0 Å². The Balaban J connectivity index is 1.67. The van der Waals surface area contributed by atoms with E-state index in [0.717, 1.165) is 51.6 Å². The third-order valence-corrected chi connectivity index (χ3v) is 7.67. The molecule has 0 saturated heterocycles. The monoisotopic (exact) mass is 545 g/mol. The summed E-state index contributed by atoms with van der Waals surface area (Å²) in [5.41, 5.74) is 13.0. The van der Waals surface area contributed by atoms with Gasteiger partial charge in [-0.1, -0.05) is 44.0 Å². The molecule has 0 unspecified atom stereocenters. The van der Waals surface area contributed by atoms with Crippen molar-refractivity contribution >= 4 is 31.9 Å². The van der Waals surface area contributed by atoms with Crippen molar-refractivity contribution in [1.82, 2.24) is 4.98 Å². The largest absolute Gasteiger partial charge is 0.497 e. The van der Waals surface area contributed by atoms with Crippen molar-refractivity contribution < 1.29 is 4.74 Å². The Morgan fingerprint density at radius 1 is 0.719 bits per heavy atom. The molecule has 4 heteroatoms. The van der Waals surface area contributed by atoms with Crippen LogP contribution in [0.15, 0.2) is 69.6 Å². The molecule has 2 aliphatic rings. The van der Waals surface area contributed by atoms with Gasteiger partial charge in [0.25, 0.3) is 0 Å². The van der Waals surface area contributed by atoms with E-state index >= 15 is 0 Å². The second kappa shape index (κ2) is 7.86. The number of hydrogen-bond acceptors (Lipinski definition) is 2. The number of aromatic nitrogens is 1. The fraction of sp³-hybridized carbons (Fsp3) is 0.179. The normalized spacial score (nSPS) is 13.6. The maximum atomic E-state index is 5.40. The summed E-state index contributed by atoms with van der Waals surface area (Å²) in [6.07, 6.45) is 4.08. The molecule has 158 valence electrons. The summed E-state index contributed by atoms with van der Waals surface area (Å²) in [5.74, 6) is 0.865. The Kier molecular flexibility index (Phi) is 4.96. The lowest BCUT2D eigenvalue weighted by Crippen LogP contribution is -2.15. The Labute approximate surface area is 204 Å². The van der Waals surface area contributed by atoms with Gasteiger partial charge in [-0.3, -0.25) is 4.98 Å². The maximum absolute atomic E-state index is 5.40. The zero-order valence-corrected chi connectivity index (χ0v) is 20.9. The van der Waals surface area contributed by atoms with E-state index in [4.69, 9.17) is 9.72 Å². The number of pyridine rings is 1. The first-order valence-electron chi connectivity index (χ1n) is 10.9. The highest BCUT2D eigenvalue weighted by Gasteiger charge is 2.29. The van der Waals surface area contributed by atoms with E-state index in [1.165, 1.54) is 44.6 Å². The molecule has 0 aliphatic heterocycles. The molecule has 0 atom stereocenters. The zero-order valence-electron chi connectivity index (χ0n) is 17.7. The van der Waals surface area contributed by atoms with Crippen molar-refractivity contribution in [2.24, 2.45) is 0 Å². The number of ether oxygens (including phenoxy) is 1. The van der Waals surface area contributed by atoms with Crippen molar-refractivity contribution in [3.8, 4) is 39.3 Å². The van der Waals surface area contributed by atoms with E-state index < -0.39 is 0 Å². The van der Waals surface area contributed by atoms with Crippen LogP contribution in [0.3, 0.4) is 0 Å². The highest BCUT2D eigenvalue weighted by molar-refractivity contribution is 9.10. The number of methoxy groups -OCH3 is 1. The summed E-state index contributed by atoms with van der Waals surface area (Å²) in [7, 11) is 1.71. The van der Waals surface area contributed by atoms with Crippen LogP contribution in [0.1, 0.15) is 22.4 Å². The molecule has 1 aromatic heterocycles. The first kappa shape index (κ1) is 20.2. The molecule has 3 aromatic carbocycles. The minimum absolute atomic E-state index is 0.865. The first-order chi connectivity index (χ1) is 15.6. The molecule has 1 heterocycles. The quantitative estimate of drug-likeness (QED) is 0.256. The molecule has 2 nitrogen and oxygen atoms in total. The second-order valence-electron chi connectivity index (χ2n) is 8.47. The second-order valence-corrected chi connectivity index (χ2v) is 10.3. The highest BCUT2D eigenvalue weighted by Crippen LogP contribution is 2.47. The van der Waals surface area contributed by atoms with Crippen LogP contribution in [0.4, 0.5) is 0 Å². The van der Waals surface area contributed by atoms with Crippen LogP contribution in [0.5, 0.6) is 5.75 Å². The number of benzene rings is 3. The number of fused-ring (bicyclic) bond motifs is 7. The van der Waals surface area contributed by atoms with Crippen molar-refractivity contribution in [2.75, 3.05) is 7.11 Å². The van der Waals surface area contributed by atoms with Crippen molar-refractivity contribution in [3.05, 3.63) is 92.0 Å². The molecule has 0 radical (unpaired) electrons. The van der Waals surface area contributed by atoms with Gasteiger partial charge >= 0.3 is 0 Å². The predicted molar refractivity (Wildman–Crippen MR) is 137 cm³/mol. The van der Waals surface area contributed by atoms with Gasteiger partial charge in [-0.15, -0.1) is 0 Å². The molecular weight excluding hydrogens is 526 g/mol. The van der Waals surface area contributed by atoms with Gasteiger partial charge in [0.1, 0.15) is 5.75 Å². The Morgan fingerprint density at radius 3 is 2.00 bits per heavy atom. The molecule has 32 heavy (non-hydrogen) atoms. The molecule has 2 aliphatic carbocycles. The van der Waals surface area contributed by atoms with Crippen LogP contribution >= 0.6 is 31.9 Å². The van der Waals surface area contributed by atoms with Gasteiger partial charge in [-0.25, -0.2) is 0 Å². The Bertz CT molecular complexity index is 1380. The summed E-state index contributed by atoms with van der Waals surface area (Å²) in [6, 6.07) is 21.7. The van der Waals surface area contributed by atoms with E-state index in [9.17, 15) is 0 Å². The molecule has 0 fully saturated rings. The van der Waals surface area contributed by atoms with Crippen LogP contribution < -0.4 is 4.74 Å². The number of aryl methyl sites for hydroxylation is 3. The fourth-order valence-corrected chi connectivity index (χ4v) is 6.04. The Hall–Kier alpha value is -2.43. The van der Waals surface area contributed by atoms with Crippen LogP contribution in [-0.4, -0.2) is 12.1 Å². The van der Waals surface area contributed by atoms with Crippen LogP contribution in [-0.2, 0) is 25.7 Å². The van der Waals surface area contributed by atoms with Gasteiger partial charge in [0.2, 0.25) is 0 Å². The summed E-state index contributed by atoms with van der Waals surface area (Å²) < 4.78 is 7.67. The lowest BCUT2D eigenvalue weighted by molar-refractivity contribution is 0.415. The number of nitrogens with zero attached hydrogens (tertiary/aromatic N) is 1. The standard InChI is InChI=1S/C28H21Br2NO/c1-32-21-8-2-16(3-9-21)28-27-23-12-7-20(30)14-17(23)4-10-24(27)26-22-11-6-19(29)15-18(22)5-13-25(26)31-28/h2-3,6-9,11-12,14-15H,4-5,10,13H2,1H3. The number of hydrogen-bond donors (Lipinski definition) is 0. The minimum Gasteiger partial charge on any atom is -0.497 e. The molecule has 0 saturated carbocycles. The van der Waals surface area contributed by atoms with Gasteiger partial charge < -0.3 is 4.74 Å². The average Bonchev–Trinajstić information content (AvgIpc) is 2.82. The van der Waals surface area contributed by atoms with E-state index in [1.54, 1.807) is 7.11 Å².